The maximum Gasteiger partial charge on any atom is 0.151 e. The number of halogens is 1. The molecule has 0 aromatic carbocycles. The first-order valence-electron chi connectivity index (χ1n) is 4.85. The molecule has 0 saturated heterocycles. The van der Waals surface area contributed by atoms with Crippen molar-refractivity contribution in [2.45, 2.75) is 6.54 Å². The maximum atomic E-state index is 5.68. The van der Waals surface area contributed by atoms with Gasteiger partial charge in [0.05, 0.1) is 0 Å². The monoisotopic (exact) mass is 234 g/mol. The molecule has 0 N–H and O–H groups in total. The zero-order chi connectivity index (χ0) is 11.4. The lowest BCUT2D eigenvalue weighted by Gasteiger charge is -2.17. The first-order valence-corrected chi connectivity index (χ1v) is 5.23. The minimum Gasteiger partial charge on any atom is -0.354 e. The molecule has 0 amide bonds. The normalized spacial score (nSPS) is 10.1. The number of aromatic nitrogens is 3. The quantitative estimate of drug-likeness (QED) is 0.816. The van der Waals surface area contributed by atoms with E-state index in [2.05, 4.69) is 15.2 Å². The number of hydrogen-bond acceptors (Lipinski definition) is 4. The average Bonchev–Trinajstić information content (AvgIpc) is 2.31. The summed E-state index contributed by atoms with van der Waals surface area (Å²) in [6.45, 7) is 0.763. The number of anilines is 1. The van der Waals surface area contributed by atoms with Gasteiger partial charge in [-0.3, -0.25) is 4.98 Å². The van der Waals surface area contributed by atoms with Crippen LogP contribution in [0.5, 0.6) is 0 Å². The third kappa shape index (κ3) is 2.67. The summed E-state index contributed by atoms with van der Waals surface area (Å²) >= 11 is 5.68. The fourth-order valence-corrected chi connectivity index (χ4v) is 1.46. The van der Waals surface area contributed by atoms with Crippen molar-refractivity contribution in [3.63, 3.8) is 0 Å². The second-order valence-corrected chi connectivity index (χ2v) is 3.81. The molecule has 2 aromatic rings. The number of pyridine rings is 1. The van der Waals surface area contributed by atoms with Gasteiger partial charge in [-0.1, -0.05) is 11.6 Å². The van der Waals surface area contributed by atoms with Crippen molar-refractivity contribution in [3.05, 3.63) is 47.4 Å². The van der Waals surface area contributed by atoms with E-state index in [0.717, 1.165) is 12.4 Å². The summed E-state index contributed by atoms with van der Waals surface area (Å²) in [4.78, 5) is 5.97. The molecule has 0 aliphatic rings. The Kier molecular flexibility index (Phi) is 3.31. The minimum atomic E-state index is 0.404. The minimum absolute atomic E-state index is 0.404. The zero-order valence-corrected chi connectivity index (χ0v) is 9.59. The average molecular weight is 235 g/mol. The highest BCUT2D eigenvalue weighted by molar-refractivity contribution is 6.29. The molecule has 82 valence electrons. The van der Waals surface area contributed by atoms with Gasteiger partial charge in [0, 0.05) is 26.0 Å². The molecule has 16 heavy (non-hydrogen) atoms. The number of rotatable bonds is 3. The Morgan fingerprint density at radius 3 is 2.50 bits per heavy atom. The van der Waals surface area contributed by atoms with E-state index in [1.165, 1.54) is 5.56 Å². The van der Waals surface area contributed by atoms with Crippen molar-refractivity contribution >= 4 is 17.4 Å². The second kappa shape index (κ2) is 4.90. The highest BCUT2D eigenvalue weighted by Crippen LogP contribution is 2.12. The predicted octanol–water partition coefficient (Wildman–Crippen LogP) is 2.16. The maximum absolute atomic E-state index is 5.68. The summed E-state index contributed by atoms with van der Waals surface area (Å²) < 4.78 is 0. The van der Waals surface area contributed by atoms with Gasteiger partial charge in [0.2, 0.25) is 0 Å². The van der Waals surface area contributed by atoms with E-state index in [9.17, 15) is 0 Å². The Morgan fingerprint density at radius 2 is 1.88 bits per heavy atom. The first kappa shape index (κ1) is 10.8. The van der Waals surface area contributed by atoms with Crippen LogP contribution >= 0.6 is 11.6 Å². The molecule has 2 heterocycles. The number of nitrogens with zero attached hydrogens (tertiary/aromatic N) is 4. The molecular weight excluding hydrogens is 224 g/mol. The van der Waals surface area contributed by atoms with Crippen LogP contribution in [0.25, 0.3) is 0 Å². The molecule has 2 aromatic heterocycles. The molecule has 0 aliphatic carbocycles. The Balaban J connectivity index is 2.09. The van der Waals surface area contributed by atoms with Crippen molar-refractivity contribution in [2.75, 3.05) is 11.9 Å². The van der Waals surface area contributed by atoms with Gasteiger partial charge in [-0.15, -0.1) is 10.2 Å². The fraction of sp³-hybridized carbons (Fsp3) is 0.182. The molecule has 4 nitrogen and oxygen atoms in total. The molecule has 0 aliphatic heterocycles. The van der Waals surface area contributed by atoms with Crippen LogP contribution in [0.15, 0.2) is 36.7 Å². The largest absolute Gasteiger partial charge is 0.354 e. The van der Waals surface area contributed by atoms with Crippen molar-refractivity contribution in [1.29, 1.82) is 0 Å². The lowest BCUT2D eigenvalue weighted by molar-refractivity contribution is 0.865. The predicted molar refractivity (Wildman–Crippen MR) is 63.4 cm³/mol. The Morgan fingerprint density at radius 1 is 1.12 bits per heavy atom. The van der Waals surface area contributed by atoms with E-state index < -0.39 is 0 Å². The van der Waals surface area contributed by atoms with Gasteiger partial charge in [0.25, 0.3) is 0 Å². The SMILES string of the molecule is CN(Cc1ccncc1)c1ccc(Cl)nn1. The van der Waals surface area contributed by atoms with Gasteiger partial charge in [0.15, 0.2) is 11.0 Å². The third-order valence-corrected chi connectivity index (χ3v) is 2.38. The second-order valence-electron chi connectivity index (χ2n) is 3.43. The molecule has 0 fully saturated rings. The van der Waals surface area contributed by atoms with Crippen LogP contribution < -0.4 is 4.90 Å². The molecule has 0 saturated carbocycles. The van der Waals surface area contributed by atoms with Crippen LogP contribution in [-0.4, -0.2) is 22.2 Å². The van der Waals surface area contributed by atoms with Crippen LogP contribution in [-0.2, 0) is 6.54 Å². The molecule has 0 spiro atoms. The van der Waals surface area contributed by atoms with Gasteiger partial charge >= 0.3 is 0 Å². The zero-order valence-electron chi connectivity index (χ0n) is 8.84. The van der Waals surface area contributed by atoms with E-state index in [1.54, 1.807) is 18.5 Å². The summed E-state index contributed by atoms with van der Waals surface area (Å²) in [5.41, 5.74) is 1.18. The summed E-state index contributed by atoms with van der Waals surface area (Å²) in [5.74, 6) is 0.793. The summed E-state index contributed by atoms with van der Waals surface area (Å²) in [7, 11) is 1.96. The van der Waals surface area contributed by atoms with Crippen molar-refractivity contribution in [1.82, 2.24) is 15.2 Å². The fourth-order valence-electron chi connectivity index (χ4n) is 1.36. The van der Waals surface area contributed by atoms with Gasteiger partial charge in [0.1, 0.15) is 0 Å². The summed E-state index contributed by atoms with van der Waals surface area (Å²) in [6.07, 6.45) is 3.55. The molecule has 5 heteroatoms. The highest BCUT2D eigenvalue weighted by Gasteiger charge is 2.03. The smallest absolute Gasteiger partial charge is 0.151 e. The van der Waals surface area contributed by atoms with Crippen LogP contribution in [0.4, 0.5) is 5.82 Å². The van der Waals surface area contributed by atoms with Gasteiger partial charge in [-0.05, 0) is 29.8 Å². The molecular formula is C11H11ClN4. The third-order valence-electron chi connectivity index (χ3n) is 2.18. The van der Waals surface area contributed by atoms with Gasteiger partial charge < -0.3 is 4.90 Å². The summed E-state index contributed by atoms with van der Waals surface area (Å²) in [5, 5.41) is 8.21. The summed E-state index contributed by atoms with van der Waals surface area (Å²) in [6, 6.07) is 7.52. The Hall–Kier alpha value is -1.68. The molecule has 0 radical (unpaired) electrons. The lowest BCUT2D eigenvalue weighted by Crippen LogP contribution is -2.17. The Bertz CT molecular complexity index is 443. The van der Waals surface area contributed by atoms with E-state index in [0.29, 0.717) is 5.15 Å². The standard InChI is InChI=1S/C11H11ClN4/c1-16(8-9-4-6-13-7-5-9)11-3-2-10(12)14-15-11/h2-7H,8H2,1H3. The topological polar surface area (TPSA) is 41.9 Å². The van der Waals surface area contributed by atoms with Crippen molar-refractivity contribution < 1.29 is 0 Å². The van der Waals surface area contributed by atoms with Gasteiger partial charge in [-0.2, -0.15) is 0 Å². The van der Waals surface area contributed by atoms with Crippen molar-refractivity contribution in [3.8, 4) is 0 Å². The number of hydrogen-bond donors (Lipinski definition) is 0. The molecule has 0 unspecified atom stereocenters. The lowest BCUT2D eigenvalue weighted by atomic mass is 10.2. The first-order chi connectivity index (χ1) is 7.75. The van der Waals surface area contributed by atoms with Gasteiger partial charge in [-0.25, -0.2) is 0 Å². The van der Waals surface area contributed by atoms with Crippen LogP contribution in [0.2, 0.25) is 5.15 Å². The van der Waals surface area contributed by atoms with E-state index in [-0.39, 0.29) is 0 Å². The molecule has 0 atom stereocenters. The van der Waals surface area contributed by atoms with E-state index in [4.69, 9.17) is 11.6 Å². The van der Waals surface area contributed by atoms with Crippen LogP contribution in [0.3, 0.4) is 0 Å². The molecule has 0 bridgehead atoms. The van der Waals surface area contributed by atoms with E-state index >= 15 is 0 Å². The highest BCUT2D eigenvalue weighted by atomic mass is 35.5. The van der Waals surface area contributed by atoms with Crippen molar-refractivity contribution in [2.24, 2.45) is 0 Å². The van der Waals surface area contributed by atoms with Crippen LogP contribution in [0.1, 0.15) is 5.56 Å². The van der Waals surface area contributed by atoms with E-state index in [1.807, 2.05) is 30.1 Å². The molecule has 2 rings (SSSR count). The van der Waals surface area contributed by atoms with Crippen LogP contribution in [0, 0.1) is 0 Å². The Labute approximate surface area is 98.9 Å².